The van der Waals surface area contributed by atoms with Crippen molar-refractivity contribution in [2.45, 2.75) is 76.5 Å². The fourth-order valence-corrected chi connectivity index (χ4v) is 3.28. The number of nitrogens with two attached hydrogens (primary N) is 1. The molecule has 0 aromatic carbocycles. The number of imidazole rings is 1. The third-order valence-electron chi connectivity index (χ3n) is 5.67. The zero-order valence-electron chi connectivity index (χ0n) is 20.6. The van der Waals surface area contributed by atoms with Gasteiger partial charge in [-0.3, -0.25) is 24.0 Å². The van der Waals surface area contributed by atoms with Crippen LogP contribution in [-0.4, -0.2) is 85.1 Å². The topological polar surface area (TPSA) is 254 Å². The molecule has 1 aromatic rings. The Kier molecular flexibility index (Phi) is 12.7. The molecule has 0 bridgehead atoms. The average molecular weight is 527 g/mol. The van der Waals surface area contributed by atoms with Crippen molar-refractivity contribution in [2.75, 3.05) is 0 Å². The molecule has 0 saturated heterocycles. The van der Waals surface area contributed by atoms with E-state index >= 15 is 0 Å². The standard InChI is InChI=1S/C22H34N6O9/c1-3-11(2)18(28-19(33)13(23)8-12-9-24-10-25-12)21(35)26-14(4-6-16(29)30)20(34)27-15(22(36)37)5-7-17(31)32/h9-11,13-15,18H,3-8,23H2,1-2H3,(H,24,25)(H,26,35)(H,27,34)(H,28,33)(H,29,30)(H,31,32)(H,36,37)/t11-,13-,14-,15-,18-/m0/s1. The number of aliphatic carboxylic acids is 3. The normalized spacial score (nSPS) is 14.9. The molecule has 1 aromatic heterocycles. The van der Waals surface area contributed by atoms with E-state index in [-0.39, 0.29) is 12.8 Å². The summed E-state index contributed by atoms with van der Waals surface area (Å²) in [7, 11) is 0. The number of aromatic amines is 1. The van der Waals surface area contributed by atoms with E-state index in [0.717, 1.165) is 0 Å². The third-order valence-corrected chi connectivity index (χ3v) is 5.67. The van der Waals surface area contributed by atoms with Crippen molar-refractivity contribution >= 4 is 35.6 Å². The summed E-state index contributed by atoms with van der Waals surface area (Å²) in [6.45, 7) is 3.46. The minimum Gasteiger partial charge on any atom is -0.481 e. The van der Waals surface area contributed by atoms with Gasteiger partial charge in [-0.05, 0) is 18.8 Å². The zero-order valence-corrected chi connectivity index (χ0v) is 20.6. The first-order chi connectivity index (χ1) is 17.3. The number of carboxylic acids is 3. The number of rotatable bonds is 17. The van der Waals surface area contributed by atoms with Crippen LogP contribution in [0.3, 0.4) is 0 Å². The van der Waals surface area contributed by atoms with Crippen molar-refractivity contribution in [1.82, 2.24) is 25.9 Å². The molecule has 206 valence electrons. The van der Waals surface area contributed by atoms with Gasteiger partial charge >= 0.3 is 17.9 Å². The Morgan fingerprint density at radius 3 is 1.97 bits per heavy atom. The molecule has 0 unspecified atom stereocenters. The minimum atomic E-state index is -1.57. The van der Waals surface area contributed by atoms with Gasteiger partial charge in [-0.2, -0.15) is 0 Å². The van der Waals surface area contributed by atoms with Gasteiger partial charge in [-0.1, -0.05) is 20.3 Å². The summed E-state index contributed by atoms with van der Waals surface area (Å²) in [6, 6.07) is -5.18. The number of carbonyl (C=O) groups excluding carboxylic acids is 3. The first-order valence-corrected chi connectivity index (χ1v) is 11.7. The Bertz CT molecular complexity index is 952. The fraction of sp³-hybridized carbons (Fsp3) is 0.591. The van der Waals surface area contributed by atoms with Crippen LogP contribution < -0.4 is 21.7 Å². The summed E-state index contributed by atoms with van der Waals surface area (Å²) in [6.07, 6.45) is 1.64. The summed E-state index contributed by atoms with van der Waals surface area (Å²) in [5.41, 5.74) is 6.55. The highest BCUT2D eigenvalue weighted by Crippen LogP contribution is 2.11. The van der Waals surface area contributed by atoms with E-state index < -0.39 is 85.0 Å². The Hall–Kier alpha value is -4.01. The van der Waals surface area contributed by atoms with Gasteiger partial charge in [0.25, 0.3) is 0 Å². The molecule has 5 atom stereocenters. The first kappa shape index (κ1) is 31.0. The Morgan fingerprint density at radius 2 is 1.49 bits per heavy atom. The zero-order chi connectivity index (χ0) is 28.1. The van der Waals surface area contributed by atoms with Crippen LogP contribution in [0.15, 0.2) is 12.5 Å². The third kappa shape index (κ3) is 11.1. The highest BCUT2D eigenvalue weighted by molar-refractivity contribution is 5.94. The smallest absolute Gasteiger partial charge is 0.326 e. The van der Waals surface area contributed by atoms with Crippen molar-refractivity contribution < 1.29 is 44.1 Å². The van der Waals surface area contributed by atoms with E-state index in [2.05, 4.69) is 25.9 Å². The van der Waals surface area contributed by atoms with Crippen LogP contribution in [0.5, 0.6) is 0 Å². The summed E-state index contributed by atoms with van der Waals surface area (Å²) in [5.74, 6) is -6.86. The van der Waals surface area contributed by atoms with Crippen molar-refractivity contribution in [2.24, 2.45) is 11.7 Å². The van der Waals surface area contributed by atoms with E-state index in [1.165, 1.54) is 12.5 Å². The molecule has 0 spiro atoms. The fourth-order valence-electron chi connectivity index (χ4n) is 3.28. The number of hydrogen-bond donors (Lipinski definition) is 8. The maximum Gasteiger partial charge on any atom is 0.326 e. The van der Waals surface area contributed by atoms with Gasteiger partial charge in [0.2, 0.25) is 17.7 Å². The maximum absolute atomic E-state index is 13.1. The van der Waals surface area contributed by atoms with E-state index in [0.29, 0.717) is 12.1 Å². The molecule has 37 heavy (non-hydrogen) atoms. The summed E-state index contributed by atoms with van der Waals surface area (Å²) >= 11 is 0. The lowest BCUT2D eigenvalue weighted by molar-refractivity contribution is -0.144. The van der Waals surface area contributed by atoms with Gasteiger partial charge in [0, 0.05) is 31.2 Å². The van der Waals surface area contributed by atoms with Gasteiger partial charge in [-0.25, -0.2) is 9.78 Å². The number of H-pyrrole nitrogens is 1. The number of hydrogen-bond acceptors (Lipinski definition) is 8. The number of carboxylic acid groups (broad SMARTS) is 3. The molecule has 0 radical (unpaired) electrons. The highest BCUT2D eigenvalue weighted by Gasteiger charge is 2.33. The molecule has 0 aliphatic carbocycles. The van der Waals surface area contributed by atoms with E-state index in [1.54, 1.807) is 13.8 Å². The molecule has 15 heteroatoms. The Morgan fingerprint density at radius 1 is 0.919 bits per heavy atom. The molecule has 1 rings (SSSR count). The van der Waals surface area contributed by atoms with Gasteiger partial charge in [-0.15, -0.1) is 0 Å². The Balaban J connectivity index is 3.00. The molecule has 0 aliphatic heterocycles. The second-order valence-corrected chi connectivity index (χ2v) is 8.58. The molecular formula is C22H34N6O9. The van der Waals surface area contributed by atoms with Crippen LogP contribution in [0, 0.1) is 5.92 Å². The van der Waals surface area contributed by atoms with Gasteiger partial charge in [0.05, 0.1) is 12.4 Å². The number of carbonyl (C=O) groups is 6. The summed E-state index contributed by atoms with van der Waals surface area (Å²) in [5, 5.41) is 34.2. The van der Waals surface area contributed by atoms with Crippen LogP contribution in [0.1, 0.15) is 51.6 Å². The lowest BCUT2D eigenvalue weighted by Crippen LogP contribution is -2.58. The van der Waals surface area contributed by atoms with E-state index in [1.807, 2.05) is 0 Å². The lowest BCUT2D eigenvalue weighted by atomic mass is 9.96. The quantitative estimate of drug-likeness (QED) is 0.117. The van der Waals surface area contributed by atoms with Crippen molar-refractivity contribution in [1.29, 1.82) is 0 Å². The van der Waals surface area contributed by atoms with Gasteiger partial charge in [0.1, 0.15) is 18.1 Å². The van der Waals surface area contributed by atoms with E-state index in [4.69, 9.17) is 15.9 Å². The van der Waals surface area contributed by atoms with Crippen LogP contribution in [-0.2, 0) is 35.2 Å². The van der Waals surface area contributed by atoms with Gasteiger partial charge in [0.15, 0.2) is 0 Å². The molecule has 3 amide bonds. The molecule has 15 nitrogen and oxygen atoms in total. The van der Waals surface area contributed by atoms with Gasteiger partial charge < -0.3 is 42.0 Å². The second-order valence-electron chi connectivity index (χ2n) is 8.58. The van der Waals surface area contributed by atoms with Crippen molar-refractivity contribution in [3.8, 4) is 0 Å². The molecule has 0 aliphatic rings. The molecule has 0 fully saturated rings. The minimum absolute atomic E-state index is 0.122. The predicted octanol–water partition coefficient (Wildman–Crippen LogP) is -1.41. The molecule has 1 heterocycles. The SMILES string of the molecule is CC[C@H](C)[C@H](NC(=O)[C@@H](N)Cc1cnc[nH]1)C(=O)N[C@@H](CCC(=O)O)C(=O)N[C@@H](CCC(=O)O)C(=O)O. The van der Waals surface area contributed by atoms with E-state index in [9.17, 15) is 33.9 Å². The summed E-state index contributed by atoms with van der Waals surface area (Å²) in [4.78, 5) is 78.5. The van der Waals surface area contributed by atoms with Crippen molar-refractivity contribution in [3.63, 3.8) is 0 Å². The first-order valence-electron chi connectivity index (χ1n) is 11.7. The monoisotopic (exact) mass is 526 g/mol. The molecular weight excluding hydrogens is 492 g/mol. The number of nitrogens with zero attached hydrogens (tertiary/aromatic N) is 1. The lowest BCUT2D eigenvalue weighted by Gasteiger charge is -2.27. The Labute approximate surface area is 212 Å². The van der Waals surface area contributed by atoms with Crippen LogP contribution >= 0.6 is 0 Å². The largest absolute Gasteiger partial charge is 0.481 e. The van der Waals surface area contributed by atoms with Crippen LogP contribution in [0.4, 0.5) is 0 Å². The molecule has 9 N–H and O–H groups in total. The molecule has 0 saturated carbocycles. The predicted molar refractivity (Wildman–Crippen MR) is 127 cm³/mol. The number of nitrogens with one attached hydrogen (secondary N) is 4. The number of amides is 3. The van der Waals surface area contributed by atoms with Crippen LogP contribution in [0.25, 0.3) is 0 Å². The highest BCUT2D eigenvalue weighted by atomic mass is 16.4. The van der Waals surface area contributed by atoms with Crippen LogP contribution in [0.2, 0.25) is 0 Å². The number of aromatic nitrogens is 2. The second kappa shape index (κ2) is 15.2. The summed E-state index contributed by atoms with van der Waals surface area (Å²) < 4.78 is 0. The van der Waals surface area contributed by atoms with Crippen molar-refractivity contribution in [3.05, 3.63) is 18.2 Å². The average Bonchev–Trinajstić information content (AvgIpc) is 3.34. The maximum atomic E-state index is 13.1.